The van der Waals surface area contributed by atoms with Gasteiger partial charge in [0.15, 0.2) is 0 Å². The predicted octanol–water partition coefficient (Wildman–Crippen LogP) is 10.4. The maximum atomic E-state index is 14.2. The third-order valence-electron chi connectivity index (χ3n) is 11.1. The first-order valence-electron chi connectivity index (χ1n) is 17.1. The van der Waals surface area contributed by atoms with Crippen LogP contribution in [0.5, 0.6) is 0 Å². The number of thiophene rings is 1. The quantitative estimate of drug-likeness (QED) is 0.221. The van der Waals surface area contributed by atoms with Crippen molar-refractivity contribution in [2.75, 3.05) is 0 Å². The lowest BCUT2D eigenvalue weighted by molar-refractivity contribution is 0.464. The number of pyridine rings is 1. The maximum absolute atomic E-state index is 14.2. The van der Waals surface area contributed by atoms with Crippen LogP contribution >= 0.6 is 23.1 Å². The summed E-state index contributed by atoms with van der Waals surface area (Å²) in [5, 5.41) is 1.95. The molecular formula is C43H35NOS2. The minimum Gasteiger partial charge on any atom is -0.277 e. The van der Waals surface area contributed by atoms with Crippen LogP contribution in [0, 0.1) is 17.8 Å². The van der Waals surface area contributed by atoms with Gasteiger partial charge in [-0.3, -0.25) is 9.36 Å². The van der Waals surface area contributed by atoms with Gasteiger partial charge < -0.3 is 0 Å². The van der Waals surface area contributed by atoms with Crippen molar-refractivity contribution in [1.29, 1.82) is 0 Å². The molecule has 2 nitrogen and oxygen atoms in total. The molecule has 230 valence electrons. The van der Waals surface area contributed by atoms with Gasteiger partial charge in [-0.2, -0.15) is 0 Å². The molecule has 0 bridgehead atoms. The Hall–Kier alpha value is -4.12. The Morgan fingerprint density at radius 3 is 2.55 bits per heavy atom. The first-order valence-corrected chi connectivity index (χ1v) is 18.8. The van der Waals surface area contributed by atoms with Gasteiger partial charge in [0.1, 0.15) is 0 Å². The van der Waals surface area contributed by atoms with Crippen LogP contribution in [0.1, 0.15) is 57.7 Å². The molecule has 4 atom stereocenters. The summed E-state index contributed by atoms with van der Waals surface area (Å²) in [5.74, 6) is 1.21. The fourth-order valence-electron chi connectivity index (χ4n) is 8.75. The number of benzene rings is 2. The van der Waals surface area contributed by atoms with Crippen molar-refractivity contribution < 1.29 is 0 Å². The van der Waals surface area contributed by atoms with Crippen molar-refractivity contribution >= 4 is 62.7 Å². The molecule has 10 rings (SSSR count). The zero-order valence-corrected chi connectivity index (χ0v) is 27.8. The van der Waals surface area contributed by atoms with Crippen molar-refractivity contribution in [2.45, 2.75) is 48.7 Å². The third kappa shape index (κ3) is 4.48. The van der Waals surface area contributed by atoms with Gasteiger partial charge in [-0.05, 0) is 120 Å². The van der Waals surface area contributed by atoms with Crippen LogP contribution in [0.15, 0.2) is 112 Å². The number of nitrogens with zero attached hydrogens (tertiary/aromatic N) is 1. The zero-order valence-electron chi connectivity index (χ0n) is 26.2. The standard InChI is InChI=1S/C43H35NOS2/c45-43-34-10-2-1-7-31(34)35-23-28(29-17-22-42-37(25-29)33-9-4-6-12-40(33)47-42)15-20-38(35)44(43)30-18-13-26(14-19-30)27-16-21-41-36(24-27)32-8-3-5-11-39(32)46-41/h2-6,8-13,15-20,22,24,26,28-29,41H,1,7,14,21,23,25H2. The average Bonchev–Trinajstić information content (AvgIpc) is 3.69. The fourth-order valence-corrected chi connectivity index (χ4v) is 11.2. The van der Waals surface area contributed by atoms with E-state index in [4.69, 9.17) is 0 Å². The van der Waals surface area contributed by atoms with Crippen LogP contribution in [-0.2, 0) is 19.3 Å². The van der Waals surface area contributed by atoms with Crippen LogP contribution in [0.3, 0.4) is 0 Å². The highest BCUT2D eigenvalue weighted by Gasteiger charge is 2.32. The molecule has 2 aromatic carbocycles. The molecule has 4 heteroatoms. The van der Waals surface area contributed by atoms with Crippen molar-refractivity contribution in [3.8, 4) is 0 Å². The molecule has 0 N–H and O–H groups in total. The number of thioether (sulfide) groups is 1. The van der Waals surface area contributed by atoms with E-state index < -0.39 is 0 Å². The Bertz CT molecular complexity index is 2280. The van der Waals surface area contributed by atoms with Crippen LogP contribution < -0.4 is 5.56 Å². The lowest BCUT2D eigenvalue weighted by atomic mass is 9.75. The molecule has 1 aliphatic heterocycles. The summed E-state index contributed by atoms with van der Waals surface area (Å²) < 4.78 is 3.41. The molecule has 4 unspecified atom stereocenters. The molecule has 2 aromatic heterocycles. The second kappa shape index (κ2) is 11.0. The lowest BCUT2D eigenvalue weighted by Crippen LogP contribution is -2.31. The van der Waals surface area contributed by atoms with E-state index in [9.17, 15) is 4.79 Å². The van der Waals surface area contributed by atoms with E-state index in [0.717, 1.165) is 55.5 Å². The SMILES string of the molecule is O=c1c2c(c3c(n1C1=CCC(C4=CCC5Sc6ccccc6C5=C4)C=C1)C=CC(C1C=Cc4sc5ccccc5c4C1)C3)CCC=C2. The molecule has 0 saturated carbocycles. The molecule has 0 spiro atoms. The van der Waals surface area contributed by atoms with E-state index in [1.54, 1.807) is 0 Å². The van der Waals surface area contributed by atoms with E-state index in [0.29, 0.717) is 23.0 Å². The van der Waals surface area contributed by atoms with Gasteiger partial charge in [0.2, 0.25) is 0 Å². The molecule has 0 fully saturated rings. The first-order chi connectivity index (χ1) is 23.2. The molecule has 3 heterocycles. The summed E-state index contributed by atoms with van der Waals surface area (Å²) in [7, 11) is 0. The van der Waals surface area contributed by atoms with Gasteiger partial charge in [-0.25, -0.2) is 0 Å². The van der Waals surface area contributed by atoms with Crippen molar-refractivity contribution in [2.24, 2.45) is 17.8 Å². The molecule has 0 radical (unpaired) electrons. The van der Waals surface area contributed by atoms with Gasteiger partial charge in [-0.1, -0.05) is 85.0 Å². The third-order valence-corrected chi connectivity index (χ3v) is 13.7. The van der Waals surface area contributed by atoms with E-state index in [1.165, 1.54) is 53.3 Å². The topological polar surface area (TPSA) is 22.0 Å². The molecule has 47 heavy (non-hydrogen) atoms. The average molecular weight is 646 g/mol. The van der Waals surface area contributed by atoms with Crippen LogP contribution in [0.4, 0.5) is 0 Å². The molecule has 4 aromatic rings. The number of rotatable bonds is 3. The van der Waals surface area contributed by atoms with E-state index in [2.05, 4.69) is 115 Å². The molecular weight excluding hydrogens is 611 g/mol. The Balaban J connectivity index is 0.965. The maximum Gasteiger partial charge on any atom is 0.263 e. The first kappa shape index (κ1) is 27.9. The molecule has 0 saturated heterocycles. The van der Waals surface area contributed by atoms with Gasteiger partial charge >= 0.3 is 0 Å². The monoisotopic (exact) mass is 645 g/mol. The van der Waals surface area contributed by atoms with Crippen molar-refractivity contribution in [3.05, 3.63) is 151 Å². The van der Waals surface area contributed by atoms with E-state index >= 15 is 0 Å². The number of hydrogen-bond donors (Lipinski definition) is 0. The Morgan fingerprint density at radius 2 is 1.64 bits per heavy atom. The summed E-state index contributed by atoms with van der Waals surface area (Å²) in [6.07, 6.45) is 31.5. The fraction of sp³-hybridized carbons (Fsp3) is 0.233. The summed E-state index contributed by atoms with van der Waals surface area (Å²) in [4.78, 5) is 17.0. The lowest BCUT2D eigenvalue weighted by Gasteiger charge is -2.32. The number of hydrogen-bond acceptors (Lipinski definition) is 3. The predicted molar refractivity (Wildman–Crippen MR) is 201 cm³/mol. The largest absolute Gasteiger partial charge is 0.277 e. The second-order valence-electron chi connectivity index (χ2n) is 13.7. The van der Waals surface area contributed by atoms with Crippen LogP contribution in [-0.4, -0.2) is 9.82 Å². The number of fused-ring (bicyclic) bond motifs is 9. The minimum absolute atomic E-state index is 0.125. The number of aromatic nitrogens is 1. The molecule has 6 aliphatic rings. The summed E-state index contributed by atoms with van der Waals surface area (Å²) >= 11 is 3.92. The van der Waals surface area contributed by atoms with Crippen LogP contribution in [0.25, 0.3) is 39.6 Å². The Labute approximate surface area is 283 Å². The smallest absolute Gasteiger partial charge is 0.263 e. The van der Waals surface area contributed by atoms with Gasteiger partial charge in [0.25, 0.3) is 5.56 Å². The second-order valence-corrected chi connectivity index (χ2v) is 16.0. The van der Waals surface area contributed by atoms with E-state index in [-0.39, 0.29) is 5.56 Å². The Kier molecular flexibility index (Phi) is 6.52. The van der Waals surface area contributed by atoms with Gasteiger partial charge in [0.05, 0.1) is 5.69 Å². The Morgan fingerprint density at radius 1 is 0.787 bits per heavy atom. The van der Waals surface area contributed by atoms with E-state index in [1.807, 2.05) is 27.7 Å². The number of allylic oxidation sites excluding steroid dienone is 10. The van der Waals surface area contributed by atoms with Gasteiger partial charge in [0, 0.05) is 36.9 Å². The zero-order chi connectivity index (χ0) is 31.1. The molecule has 5 aliphatic carbocycles. The highest BCUT2D eigenvalue weighted by Crippen LogP contribution is 2.49. The summed E-state index contributed by atoms with van der Waals surface area (Å²) in [5.41, 5.74) is 11.6. The van der Waals surface area contributed by atoms with Gasteiger partial charge in [-0.15, -0.1) is 23.1 Å². The molecule has 0 amide bonds. The summed E-state index contributed by atoms with van der Waals surface area (Å²) in [6.45, 7) is 0. The highest BCUT2D eigenvalue weighted by molar-refractivity contribution is 8.00. The highest BCUT2D eigenvalue weighted by atomic mass is 32.2. The summed E-state index contributed by atoms with van der Waals surface area (Å²) in [6, 6.07) is 17.7. The normalized spacial score (nSPS) is 25.0. The van der Waals surface area contributed by atoms with Crippen LogP contribution in [0.2, 0.25) is 0 Å². The van der Waals surface area contributed by atoms with Crippen molar-refractivity contribution in [1.82, 2.24) is 4.57 Å². The minimum atomic E-state index is 0.125. The van der Waals surface area contributed by atoms with Crippen molar-refractivity contribution in [3.63, 3.8) is 0 Å².